The first kappa shape index (κ1) is 26.3. The summed E-state index contributed by atoms with van der Waals surface area (Å²) < 4.78 is 2.75. The number of aromatic nitrogens is 2. The van der Waals surface area contributed by atoms with Crippen LogP contribution in [0.1, 0.15) is 71.7 Å². The maximum Gasteiger partial charge on any atom is 0.257 e. The lowest BCUT2D eigenvalue weighted by Gasteiger charge is -2.33. The highest BCUT2D eigenvalue weighted by atomic mass is 79.9. The van der Waals surface area contributed by atoms with E-state index in [4.69, 9.17) is 4.98 Å². The Hall–Kier alpha value is -2.77. The van der Waals surface area contributed by atoms with Crippen LogP contribution in [0, 0.1) is 0 Å². The average Bonchev–Trinajstić information content (AvgIpc) is 3.24. The number of fused-ring (bicyclic) bond motifs is 1. The Morgan fingerprint density at radius 3 is 2.44 bits per heavy atom. The van der Waals surface area contributed by atoms with Gasteiger partial charge in [0.2, 0.25) is 0 Å². The molecule has 1 amide bonds. The molecule has 2 aromatic carbocycles. The van der Waals surface area contributed by atoms with Gasteiger partial charge in [-0.2, -0.15) is 0 Å². The average molecular weight is 552 g/mol. The summed E-state index contributed by atoms with van der Waals surface area (Å²) in [5.74, 6) is 0.876. The van der Waals surface area contributed by atoms with Gasteiger partial charge in [0.1, 0.15) is 5.82 Å². The number of nitrogens with zero attached hydrogens (tertiary/aromatic N) is 4. The molecule has 1 aromatic heterocycles. The Labute approximate surface area is 222 Å². The van der Waals surface area contributed by atoms with E-state index >= 15 is 0 Å². The van der Waals surface area contributed by atoms with Gasteiger partial charge in [-0.1, -0.05) is 60.1 Å². The van der Waals surface area contributed by atoms with Crippen LogP contribution >= 0.6 is 15.9 Å². The summed E-state index contributed by atoms with van der Waals surface area (Å²) in [6.07, 6.45) is 2.35. The summed E-state index contributed by atoms with van der Waals surface area (Å²) in [6.45, 7) is 5.89. The highest BCUT2D eigenvalue weighted by Crippen LogP contribution is 2.32. The molecule has 190 valence electrons. The van der Waals surface area contributed by atoms with Crippen molar-refractivity contribution in [3.05, 3.63) is 97.6 Å². The van der Waals surface area contributed by atoms with Crippen LogP contribution < -0.4 is 5.56 Å². The van der Waals surface area contributed by atoms with E-state index in [-0.39, 0.29) is 23.4 Å². The third-order valence-electron chi connectivity index (χ3n) is 7.00. The summed E-state index contributed by atoms with van der Waals surface area (Å²) in [4.78, 5) is 36.8. The number of hydrogen-bond acceptors (Lipinski definition) is 4. The zero-order chi connectivity index (χ0) is 25.8. The largest absolute Gasteiger partial charge is 0.327 e. The third-order valence-corrected chi connectivity index (χ3v) is 7.53. The van der Waals surface area contributed by atoms with E-state index < -0.39 is 0 Å². The number of rotatable bonds is 9. The van der Waals surface area contributed by atoms with Gasteiger partial charge in [0.05, 0.1) is 18.3 Å². The first-order valence-corrected chi connectivity index (χ1v) is 13.5. The van der Waals surface area contributed by atoms with Gasteiger partial charge >= 0.3 is 0 Å². The Morgan fingerprint density at radius 2 is 1.81 bits per heavy atom. The van der Waals surface area contributed by atoms with Crippen molar-refractivity contribution in [1.29, 1.82) is 0 Å². The lowest BCUT2D eigenvalue weighted by molar-refractivity contribution is 0.0641. The zero-order valence-corrected chi connectivity index (χ0v) is 23.2. The van der Waals surface area contributed by atoms with E-state index in [1.165, 1.54) is 0 Å². The van der Waals surface area contributed by atoms with E-state index in [1.807, 2.05) is 78.2 Å². The van der Waals surface area contributed by atoms with Crippen molar-refractivity contribution in [2.24, 2.45) is 0 Å². The Bertz CT molecular complexity index is 1250. The first-order chi connectivity index (χ1) is 17.3. The van der Waals surface area contributed by atoms with Crippen LogP contribution in [0.5, 0.6) is 0 Å². The smallest absolute Gasteiger partial charge is 0.257 e. The lowest BCUT2D eigenvalue weighted by atomic mass is 10.1. The van der Waals surface area contributed by atoms with E-state index in [0.717, 1.165) is 34.1 Å². The molecule has 0 saturated carbocycles. The normalized spacial score (nSPS) is 15.7. The predicted octanol–water partition coefficient (Wildman–Crippen LogP) is 5.26. The van der Waals surface area contributed by atoms with Crippen molar-refractivity contribution in [3.63, 3.8) is 0 Å². The van der Waals surface area contributed by atoms with Crippen molar-refractivity contribution < 1.29 is 4.79 Å². The molecule has 6 nitrogen and oxygen atoms in total. The van der Waals surface area contributed by atoms with E-state index in [2.05, 4.69) is 34.7 Å². The second-order valence-electron chi connectivity index (χ2n) is 9.88. The van der Waals surface area contributed by atoms with Crippen molar-refractivity contribution in [1.82, 2.24) is 19.4 Å². The summed E-state index contributed by atoms with van der Waals surface area (Å²) in [5, 5.41) is 0. The maximum atomic E-state index is 13.9. The molecule has 1 aliphatic carbocycles. The Balaban J connectivity index is 1.84. The predicted molar refractivity (Wildman–Crippen MR) is 148 cm³/mol. The highest BCUT2D eigenvalue weighted by Gasteiger charge is 2.32. The summed E-state index contributed by atoms with van der Waals surface area (Å²) in [5.41, 5.74) is 3.44. The molecule has 2 atom stereocenters. The van der Waals surface area contributed by atoms with Gasteiger partial charge in [-0.05, 0) is 69.1 Å². The minimum atomic E-state index is -0.324. The van der Waals surface area contributed by atoms with Gasteiger partial charge in [0, 0.05) is 28.7 Å². The van der Waals surface area contributed by atoms with Crippen LogP contribution in [0.3, 0.4) is 0 Å². The quantitative estimate of drug-likeness (QED) is 0.364. The molecule has 1 heterocycles. The van der Waals surface area contributed by atoms with E-state index in [9.17, 15) is 9.59 Å². The van der Waals surface area contributed by atoms with Gasteiger partial charge in [-0.15, -0.1) is 0 Å². The van der Waals surface area contributed by atoms with E-state index in [1.54, 1.807) is 0 Å². The number of carbonyl (C=O) groups excluding carboxylic acids is 1. The highest BCUT2D eigenvalue weighted by molar-refractivity contribution is 9.10. The van der Waals surface area contributed by atoms with Gasteiger partial charge in [-0.25, -0.2) is 4.98 Å². The number of halogens is 1. The van der Waals surface area contributed by atoms with Crippen LogP contribution in [0.25, 0.3) is 0 Å². The molecule has 0 bridgehead atoms. The molecular weight excluding hydrogens is 516 g/mol. The van der Waals surface area contributed by atoms with Crippen molar-refractivity contribution in [2.45, 2.75) is 51.6 Å². The van der Waals surface area contributed by atoms with Crippen molar-refractivity contribution >= 4 is 21.8 Å². The van der Waals surface area contributed by atoms with Crippen LogP contribution in [-0.2, 0) is 13.0 Å². The molecule has 0 saturated heterocycles. The summed E-state index contributed by atoms with van der Waals surface area (Å²) >= 11 is 3.46. The molecule has 4 rings (SSSR count). The minimum absolute atomic E-state index is 0.0327. The second kappa shape index (κ2) is 11.5. The molecule has 0 aliphatic heterocycles. The zero-order valence-electron chi connectivity index (χ0n) is 21.6. The van der Waals surface area contributed by atoms with Crippen molar-refractivity contribution in [2.75, 3.05) is 27.2 Å². The molecule has 0 fully saturated rings. The monoisotopic (exact) mass is 550 g/mol. The number of benzene rings is 2. The number of likely N-dealkylation sites (N-methyl/N-ethyl adjacent to an activating group) is 1. The molecule has 36 heavy (non-hydrogen) atoms. The van der Waals surface area contributed by atoms with Gasteiger partial charge in [0.25, 0.3) is 11.5 Å². The van der Waals surface area contributed by atoms with Crippen LogP contribution in [0.2, 0.25) is 0 Å². The number of carbonyl (C=O) groups is 1. The maximum absolute atomic E-state index is 13.9. The third kappa shape index (κ3) is 5.62. The Morgan fingerprint density at radius 1 is 1.11 bits per heavy atom. The van der Waals surface area contributed by atoms with Crippen LogP contribution in [-0.4, -0.2) is 52.4 Å². The summed E-state index contributed by atoms with van der Waals surface area (Å²) in [6, 6.07) is 17.2. The molecule has 1 aliphatic rings. The fraction of sp³-hybridized carbons (Fsp3) is 0.414. The van der Waals surface area contributed by atoms with Crippen LogP contribution in [0.15, 0.2) is 63.9 Å². The van der Waals surface area contributed by atoms with Gasteiger partial charge in [0.15, 0.2) is 0 Å². The SMILES string of the molecule is CCC(c1nc2c(c(=O)n1Cc1ccccc1)CCC2C)N(CCN(C)C)C(=O)c1ccc(Br)cc1. The molecule has 3 aromatic rings. The summed E-state index contributed by atoms with van der Waals surface area (Å²) in [7, 11) is 4.01. The fourth-order valence-corrected chi connectivity index (χ4v) is 5.21. The van der Waals surface area contributed by atoms with Gasteiger partial charge in [-0.3, -0.25) is 14.2 Å². The topological polar surface area (TPSA) is 58.4 Å². The standard InChI is InChI=1S/C29H35BrN4O2/c1-5-25(33(18-17-32(3)4)28(35)22-12-14-23(30)15-13-22)27-31-26-20(2)11-16-24(26)29(36)34(27)19-21-9-7-6-8-10-21/h6-10,12-15,20,25H,5,11,16-19H2,1-4H3. The van der Waals surface area contributed by atoms with Crippen LogP contribution in [0.4, 0.5) is 0 Å². The first-order valence-electron chi connectivity index (χ1n) is 12.7. The van der Waals surface area contributed by atoms with Crippen molar-refractivity contribution in [3.8, 4) is 0 Å². The molecule has 0 spiro atoms. The molecule has 0 N–H and O–H groups in total. The number of amides is 1. The lowest BCUT2D eigenvalue weighted by Crippen LogP contribution is -2.42. The molecule has 2 unspecified atom stereocenters. The van der Waals surface area contributed by atoms with Gasteiger partial charge < -0.3 is 9.80 Å². The molecule has 0 radical (unpaired) electrons. The van der Waals surface area contributed by atoms with E-state index in [0.29, 0.717) is 37.4 Å². The second-order valence-corrected chi connectivity index (χ2v) is 10.8. The number of hydrogen-bond donors (Lipinski definition) is 0. The molecule has 7 heteroatoms. The fourth-order valence-electron chi connectivity index (χ4n) is 4.95. The minimum Gasteiger partial charge on any atom is -0.327 e. The molecular formula is C29H35BrN4O2. The Kier molecular flexibility index (Phi) is 8.42.